The number of primary amides is 1. The Kier molecular flexibility index (Phi) is 7.42. The second-order valence-corrected chi connectivity index (χ2v) is 8.19. The molecular formula is C20H20BrN5O2S. The fraction of sp³-hybridized carbons (Fsp3) is 0.200. The fourth-order valence-electron chi connectivity index (χ4n) is 2.73. The first-order valence-corrected chi connectivity index (χ1v) is 10.8. The van der Waals surface area contributed by atoms with Crippen LogP contribution >= 0.6 is 27.7 Å². The number of aryl methyl sites for hydroxylation is 1. The van der Waals surface area contributed by atoms with Crippen LogP contribution in [0.25, 0.3) is 11.4 Å². The number of rotatable bonds is 8. The van der Waals surface area contributed by atoms with Gasteiger partial charge in [-0.2, -0.15) is 0 Å². The van der Waals surface area contributed by atoms with Crippen LogP contribution in [0.2, 0.25) is 0 Å². The number of imide groups is 1. The molecule has 2 aromatic carbocycles. The standard InChI is InChI=1S/C20H20BrN5O2S/c21-16-8-6-15(7-9-16)18-24-25-20(29-13-11-17(27)23-19(22)28)26(18)12-10-14-4-2-1-3-5-14/h1-9H,10-13H2,(H3,22,23,27,28). The van der Waals surface area contributed by atoms with Gasteiger partial charge < -0.3 is 10.3 Å². The molecule has 29 heavy (non-hydrogen) atoms. The van der Waals surface area contributed by atoms with Gasteiger partial charge in [0.25, 0.3) is 0 Å². The molecule has 1 aromatic heterocycles. The number of urea groups is 1. The molecule has 9 heteroatoms. The lowest BCUT2D eigenvalue weighted by atomic mass is 10.1. The van der Waals surface area contributed by atoms with Gasteiger partial charge in [0, 0.05) is 28.8 Å². The van der Waals surface area contributed by atoms with E-state index in [0.29, 0.717) is 12.3 Å². The Morgan fingerprint density at radius 3 is 2.48 bits per heavy atom. The van der Waals surface area contributed by atoms with Crippen molar-refractivity contribution in [3.8, 4) is 11.4 Å². The van der Waals surface area contributed by atoms with E-state index in [-0.39, 0.29) is 6.42 Å². The fourth-order valence-corrected chi connectivity index (χ4v) is 3.90. The molecular weight excluding hydrogens is 454 g/mol. The maximum absolute atomic E-state index is 11.6. The van der Waals surface area contributed by atoms with Gasteiger partial charge in [-0.05, 0) is 24.1 Å². The van der Waals surface area contributed by atoms with Gasteiger partial charge in [0.05, 0.1) is 0 Å². The van der Waals surface area contributed by atoms with Crippen molar-refractivity contribution in [2.24, 2.45) is 5.73 Å². The number of aromatic nitrogens is 3. The molecule has 0 atom stereocenters. The van der Waals surface area contributed by atoms with Crippen LogP contribution in [0.5, 0.6) is 0 Å². The first kappa shape index (κ1) is 21.1. The molecule has 3 rings (SSSR count). The number of halogens is 1. The largest absolute Gasteiger partial charge is 0.351 e. The number of nitrogens with zero attached hydrogens (tertiary/aromatic N) is 3. The summed E-state index contributed by atoms with van der Waals surface area (Å²) >= 11 is 4.87. The third kappa shape index (κ3) is 6.16. The van der Waals surface area contributed by atoms with Crippen molar-refractivity contribution in [2.75, 3.05) is 5.75 Å². The Balaban J connectivity index is 1.76. The summed E-state index contributed by atoms with van der Waals surface area (Å²) < 4.78 is 3.05. The minimum absolute atomic E-state index is 0.159. The molecule has 3 amide bonds. The Hall–Kier alpha value is -2.65. The minimum atomic E-state index is -0.844. The molecule has 0 aliphatic heterocycles. The minimum Gasteiger partial charge on any atom is -0.351 e. The molecule has 0 aliphatic rings. The highest BCUT2D eigenvalue weighted by molar-refractivity contribution is 9.10. The third-order valence-corrected chi connectivity index (χ3v) is 5.61. The van der Waals surface area contributed by atoms with Crippen molar-refractivity contribution in [1.29, 1.82) is 0 Å². The summed E-state index contributed by atoms with van der Waals surface area (Å²) in [6.07, 6.45) is 0.991. The molecule has 7 nitrogen and oxygen atoms in total. The second-order valence-electron chi connectivity index (χ2n) is 6.21. The highest BCUT2D eigenvalue weighted by Gasteiger charge is 2.15. The van der Waals surface area contributed by atoms with Crippen molar-refractivity contribution in [1.82, 2.24) is 20.1 Å². The predicted octanol–water partition coefficient (Wildman–Crippen LogP) is 3.63. The van der Waals surface area contributed by atoms with E-state index >= 15 is 0 Å². The lowest BCUT2D eigenvalue weighted by molar-refractivity contribution is -0.119. The van der Waals surface area contributed by atoms with Gasteiger partial charge in [-0.1, -0.05) is 70.2 Å². The number of nitrogens with two attached hydrogens (primary N) is 1. The van der Waals surface area contributed by atoms with Crippen LogP contribution in [0.1, 0.15) is 12.0 Å². The maximum Gasteiger partial charge on any atom is 0.318 e. The van der Waals surface area contributed by atoms with Gasteiger partial charge in [0.2, 0.25) is 5.91 Å². The van der Waals surface area contributed by atoms with Gasteiger partial charge >= 0.3 is 6.03 Å². The van der Waals surface area contributed by atoms with Crippen molar-refractivity contribution < 1.29 is 9.59 Å². The van der Waals surface area contributed by atoms with Crippen molar-refractivity contribution in [2.45, 2.75) is 24.5 Å². The van der Waals surface area contributed by atoms with Crippen LogP contribution in [0.4, 0.5) is 4.79 Å². The van der Waals surface area contributed by atoms with Gasteiger partial charge in [0.1, 0.15) is 0 Å². The Morgan fingerprint density at radius 2 is 1.79 bits per heavy atom. The summed E-state index contributed by atoms with van der Waals surface area (Å²) in [5.41, 5.74) is 7.15. The van der Waals surface area contributed by atoms with E-state index in [9.17, 15) is 9.59 Å². The summed E-state index contributed by atoms with van der Waals surface area (Å²) in [7, 11) is 0. The first-order valence-electron chi connectivity index (χ1n) is 8.98. The highest BCUT2D eigenvalue weighted by atomic mass is 79.9. The number of nitrogens with one attached hydrogen (secondary N) is 1. The molecule has 150 valence electrons. The second kappa shape index (κ2) is 10.2. The van der Waals surface area contributed by atoms with Crippen LogP contribution in [0.15, 0.2) is 64.2 Å². The molecule has 0 radical (unpaired) electrons. The number of carbonyl (C=O) groups excluding carboxylic acids is 2. The van der Waals surface area contributed by atoms with Crippen LogP contribution < -0.4 is 11.1 Å². The molecule has 0 bridgehead atoms. The van der Waals surface area contributed by atoms with Crippen molar-refractivity contribution in [3.05, 3.63) is 64.6 Å². The number of carbonyl (C=O) groups is 2. The van der Waals surface area contributed by atoms with E-state index < -0.39 is 11.9 Å². The number of hydrogen-bond acceptors (Lipinski definition) is 5. The quantitative estimate of drug-likeness (QED) is 0.486. The predicted molar refractivity (Wildman–Crippen MR) is 116 cm³/mol. The molecule has 0 unspecified atom stereocenters. The topological polar surface area (TPSA) is 103 Å². The molecule has 0 saturated heterocycles. The van der Waals surface area contributed by atoms with Crippen LogP contribution in [-0.2, 0) is 17.8 Å². The van der Waals surface area contributed by atoms with Gasteiger partial charge in [-0.15, -0.1) is 10.2 Å². The SMILES string of the molecule is NC(=O)NC(=O)CCSc1nnc(-c2ccc(Br)cc2)n1CCc1ccccc1. The van der Waals surface area contributed by atoms with E-state index in [4.69, 9.17) is 5.73 Å². The molecule has 1 heterocycles. The third-order valence-electron chi connectivity index (χ3n) is 4.11. The zero-order valence-corrected chi connectivity index (χ0v) is 17.9. The highest BCUT2D eigenvalue weighted by Crippen LogP contribution is 2.26. The number of hydrogen-bond donors (Lipinski definition) is 2. The van der Waals surface area contributed by atoms with E-state index in [1.54, 1.807) is 0 Å². The monoisotopic (exact) mass is 473 g/mol. The van der Waals surface area contributed by atoms with Gasteiger partial charge in [-0.3, -0.25) is 10.1 Å². The summed E-state index contributed by atoms with van der Waals surface area (Å²) in [4.78, 5) is 22.4. The summed E-state index contributed by atoms with van der Waals surface area (Å²) in [5.74, 6) is 0.828. The smallest absolute Gasteiger partial charge is 0.318 e. The number of amides is 3. The van der Waals surface area contributed by atoms with E-state index in [0.717, 1.165) is 27.4 Å². The van der Waals surface area contributed by atoms with E-state index in [1.807, 2.05) is 42.5 Å². The molecule has 0 spiro atoms. The summed E-state index contributed by atoms with van der Waals surface area (Å²) in [5, 5.41) is 11.5. The maximum atomic E-state index is 11.6. The molecule has 3 aromatic rings. The Morgan fingerprint density at radius 1 is 1.07 bits per heavy atom. The van der Waals surface area contributed by atoms with Gasteiger partial charge in [0.15, 0.2) is 11.0 Å². The Labute approximate surface area is 181 Å². The van der Waals surface area contributed by atoms with Gasteiger partial charge in [-0.25, -0.2) is 4.79 Å². The zero-order valence-electron chi connectivity index (χ0n) is 15.5. The molecule has 0 fully saturated rings. The number of benzene rings is 2. The van der Waals surface area contributed by atoms with Crippen LogP contribution in [0.3, 0.4) is 0 Å². The molecule has 0 saturated carbocycles. The Bertz CT molecular complexity index is 976. The molecule has 3 N–H and O–H groups in total. The van der Waals surface area contributed by atoms with E-state index in [2.05, 4.69) is 48.1 Å². The molecule has 0 aliphatic carbocycles. The zero-order chi connectivity index (χ0) is 20.6. The average molecular weight is 474 g/mol. The van der Waals surface area contributed by atoms with Crippen molar-refractivity contribution >= 4 is 39.6 Å². The van der Waals surface area contributed by atoms with Crippen LogP contribution in [-0.4, -0.2) is 32.5 Å². The van der Waals surface area contributed by atoms with E-state index in [1.165, 1.54) is 17.3 Å². The summed E-state index contributed by atoms with van der Waals surface area (Å²) in [6, 6.07) is 17.3. The lowest BCUT2D eigenvalue weighted by Gasteiger charge is -2.10. The van der Waals surface area contributed by atoms with Crippen molar-refractivity contribution in [3.63, 3.8) is 0 Å². The lowest BCUT2D eigenvalue weighted by Crippen LogP contribution is -2.35. The normalized spacial score (nSPS) is 10.7. The first-order chi connectivity index (χ1) is 14.0. The van der Waals surface area contributed by atoms with Crippen LogP contribution in [0, 0.1) is 0 Å². The summed E-state index contributed by atoms with van der Waals surface area (Å²) in [6.45, 7) is 0.707. The number of thioether (sulfide) groups is 1. The average Bonchev–Trinajstić information content (AvgIpc) is 3.10.